The molecule has 0 atom stereocenters. The maximum atomic E-state index is 12.0. The molecule has 1 saturated heterocycles. The molecule has 0 bridgehead atoms. The van der Waals surface area contributed by atoms with E-state index < -0.39 is 0 Å². The number of aromatic nitrogens is 2. The first-order valence-corrected chi connectivity index (χ1v) is 9.08. The first kappa shape index (κ1) is 18.0. The molecule has 0 saturated carbocycles. The van der Waals surface area contributed by atoms with Crippen molar-refractivity contribution in [3.05, 3.63) is 60.2 Å². The second kappa shape index (κ2) is 8.10. The minimum Gasteiger partial charge on any atom is -0.459 e. The molecule has 8 nitrogen and oxygen atoms in total. The van der Waals surface area contributed by atoms with Gasteiger partial charge in [0.1, 0.15) is 5.82 Å². The van der Waals surface area contributed by atoms with Crippen LogP contribution in [0.5, 0.6) is 0 Å². The van der Waals surface area contributed by atoms with E-state index in [1.807, 2.05) is 37.3 Å². The summed E-state index contributed by atoms with van der Waals surface area (Å²) in [6, 6.07) is 12.6. The first-order chi connectivity index (χ1) is 13.7. The van der Waals surface area contributed by atoms with Gasteiger partial charge in [0.25, 0.3) is 5.91 Å². The largest absolute Gasteiger partial charge is 0.459 e. The topological polar surface area (TPSA) is 92.5 Å². The zero-order chi connectivity index (χ0) is 19.3. The van der Waals surface area contributed by atoms with Crippen LogP contribution >= 0.6 is 0 Å². The molecular formula is C20H21N5O3. The van der Waals surface area contributed by atoms with Crippen LogP contribution in [0.3, 0.4) is 0 Å². The maximum absolute atomic E-state index is 12.0. The highest BCUT2D eigenvalue weighted by Gasteiger charge is 2.14. The monoisotopic (exact) mass is 379 g/mol. The fourth-order valence-electron chi connectivity index (χ4n) is 2.93. The van der Waals surface area contributed by atoms with Crippen LogP contribution in [-0.4, -0.2) is 42.2 Å². The van der Waals surface area contributed by atoms with Gasteiger partial charge >= 0.3 is 0 Å². The molecule has 0 unspecified atom stereocenters. The summed E-state index contributed by atoms with van der Waals surface area (Å²) in [6.45, 7) is 5.00. The van der Waals surface area contributed by atoms with Crippen LogP contribution in [0.25, 0.3) is 0 Å². The van der Waals surface area contributed by atoms with E-state index in [-0.39, 0.29) is 11.7 Å². The maximum Gasteiger partial charge on any atom is 0.291 e. The number of ether oxygens (including phenoxy) is 1. The first-order valence-electron chi connectivity index (χ1n) is 9.08. The SMILES string of the molecule is Cc1cc(N2CCOCC2)nc(Nc2ccc(NC(=O)c3ccco3)cc2)n1. The number of hydrogen-bond donors (Lipinski definition) is 2. The predicted octanol–water partition coefficient (Wildman–Crippen LogP) is 3.21. The number of nitrogens with one attached hydrogen (secondary N) is 2. The number of morpholine rings is 1. The molecule has 1 fully saturated rings. The number of hydrogen-bond acceptors (Lipinski definition) is 7. The molecule has 1 aliphatic rings. The van der Waals surface area contributed by atoms with Gasteiger partial charge in [0, 0.05) is 36.2 Å². The van der Waals surface area contributed by atoms with Crippen molar-refractivity contribution in [1.82, 2.24) is 9.97 Å². The summed E-state index contributed by atoms with van der Waals surface area (Å²) in [5.74, 6) is 1.41. The van der Waals surface area contributed by atoms with Crippen LogP contribution in [0.2, 0.25) is 0 Å². The van der Waals surface area contributed by atoms with Crippen LogP contribution in [0.15, 0.2) is 53.1 Å². The van der Waals surface area contributed by atoms with Crippen LogP contribution in [0.1, 0.15) is 16.2 Å². The van der Waals surface area contributed by atoms with E-state index in [4.69, 9.17) is 9.15 Å². The molecule has 0 aliphatic carbocycles. The number of rotatable bonds is 5. The predicted molar refractivity (Wildman–Crippen MR) is 106 cm³/mol. The van der Waals surface area contributed by atoms with Gasteiger partial charge in [0.15, 0.2) is 5.76 Å². The average Bonchev–Trinajstić information content (AvgIpc) is 3.25. The Morgan fingerprint density at radius 1 is 1.07 bits per heavy atom. The Bertz CT molecular complexity index is 935. The van der Waals surface area contributed by atoms with Crippen molar-refractivity contribution < 1.29 is 13.9 Å². The Morgan fingerprint density at radius 3 is 2.54 bits per heavy atom. The minimum absolute atomic E-state index is 0.269. The van der Waals surface area contributed by atoms with Crippen LogP contribution < -0.4 is 15.5 Å². The van der Waals surface area contributed by atoms with Gasteiger partial charge in [-0.15, -0.1) is 0 Å². The Labute approximate surface area is 162 Å². The van der Waals surface area contributed by atoms with Crippen molar-refractivity contribution in [2.24, 2.45) is 0 Å². The summed E-state index contributed by atoms with van der Waals surface area (Å²) in [6.07, 6.45) is 1.47. The Balaban J connectivity index is 1.44. The zero-order valence-electron chi connectivity index (χ0n) is 15.5. The molecule has 1 aliphatic heterocycles. The lowest BCUT2D eigenvalue weighted by atomic mass is 10.2. The normalized spacial score (nSPS) is 14.0. The summed E-state index contributed by atoms with van der Waals surface area (Å²) in [5, 5.41) is 6.01. The molecule has 28 heavy (non-hydrogen) atoms. The van der Waals surface area contributed by atoms with E-state index in [2.05, 4.69) is 25.5 Å². The van der Waals surface area contributed by atoms with Crippen molar-refractivity contribution in [2.45, 2.75) is 6.92 Å². The number of furan rings is 1. The fourth-order valence-corrected chi connectivity index (χ4v) is 2.93. The van der Waals surface area contributed by atoms with Crippen molar-refractivity contribution in [3.63, 3.8) is 0 Å². The molecule has 8 heteroatoms. The molecule has 3 aromatic rings. The molecule has 144 valence electrons. The molecule has 3 heterocycles. The van der Waals surface area contributed by atoms with Crippen molar-refractivity contribution in [3.8, 4) is 0 Å². The standard InChI is InChI=1S/C20H21N5O3/c1-14-13-18(25-8-11-27-12-9-25)24-20(21-14)23-16-6-4-15(5-7-16)22-19(26)17-3-2-10-28-17/h2-7,10,13H,8-9,11-12H2,1H3,(H,22,26)(H,21,23,24). The van der Waals surface area contributed by atoms with Crippen molar-refractivity contribution in [2.75, 3.05) is 41.8 Å². The second-order valence-corrected chi connectivity index (χ2v) is 6.42. The molecule has 2 aromatic heterocycles. The molecular weight excluding hydrogens is 358 g/mol. The van der Waals surface area contributed by atoms with E-state index in [1.54, 1.807) is 12.1 Å². The minimum atomic E-state index is -0.289. The molecule has 4 rings (SSSR count). The van der Waals surface area contributed by atoms with Gasteiger partial charge in [-0.3, -0.25) is 4.79 Å². The third-order valence-corrected chi connectivity index (χ3v) is 4.32. The quantitative estimate of drug-likeness (QED) is 0.703. The van der Waals surface area contributed by atoms with Crippen LogP contribution in [0, 0.1) is 6.92 Å². The lowest BCUT2D eigenvalue weighted by molar-refractivity contribution is 0.0996. The van der Waals surface area contributed by atoms with Gasteiger partial charge < -0.3 is 24.7 Å². The van der Waals surface area contributed by atoms with E-state index in [0.717, 1.165) is 30.3 Å². The number of carbonyl (C=O) groups excluding carboxylic acids is 1. The molecule has 0 spiro atoms. The lowest BCUT2D eigenvalue weighted by Crippen LogP contribution is -2.36. The fraction of sp³-hybridized carbons (Fsp3) is 0.250. The highest BCUT2D eigenvalue weighted by Crippen LogP contribution is 2.21. The van der Waals surface area contributed by atoms with E-state index in [0.29, 0.717) is 24.8 Å². The van der Waals surface area contributed by atoms with Crippen molar-refractivity contribution in [1.29, 1.82) is 0 Å². The van der Waals surface area contributed by atoms with Gasteiger partial charge in [-0.25, -0.2) is 4.98 Å². The number of benzene rings is 1. The third kappa shape index (κ3) is 4.29. The third-order valence-electron chi connectivity index (χ3n) is 4.32. The van der Waals surface area contributed by atoms with Crippen LogP contribution in [0.4, 0.5) is 23.1 Å². The summed E-state index contributed by atoms with van der Waals surface area (Å²) in [7, 11) is 0. The van der Waals surface area contributed by atoms with E-state index in [9.17, 15) is 4.79 Å². The van der Waals surface area contributed by atoms with Crippen molar-refractivity contribution >= 4 is 29.0 Å². The zero-order valence-corrected chi connectivity index (χ0v) is 15.5. The average molecular weight is 379 g/mol. The van der Waals surface area contributed by atoms with Gasteiger partial charge in [-0.1, -0.05) is 0 Å². The van der Waals surface area contributed by atoms with Gasteiger partial charge in [-0.2, -0.15) is 4.98 Å². The summed E-state index contributed by atoms with van der Waals surface area (Å²) in [4.78, 5) is 23.3. The van der Waals surface area contributed by atoms with Gasteiger partial charge in [0.2, 0.25) is 5.95 Å². The molecule has 1 amide bonds. The van der Waals surface area contributed by atoms with Gasteiger partial charge in [0.05, 0.1) is 19.5 Å². The van der Waals surface area contributed by atoms with E-state index >= 15 is 0 Å². The Kier molecular flexibility index (Phi) is 5.20. The highest BCUT2D eigenvalue weighted by molar-refractivity contribution is 6.02. The summed E-state index contributed by atoms with van der Waals surface area (Å²) < 4.78 is 10.5. The summed E-state index contributed by atoms with van der Waals surface area (Å²) >= 11 is 0. The number of carbonyl (C=O) groups is 1. The molecule has 1 aromatic carbocycles. The molecule has 2 N–H and O–H groups in total. The highest BCUT2D eigenvalue weighted by atomic mass is 16.5. The molecule has 0 radical (unpaired) electrons. The Morgan fingerprint density at radius 2 is 1.82 bits per heavy atom. The lowest BCUT2D eigenvalue weighted by Gasteiger charge is -2.28. The number of nitrogens with zero attached hydrogens (tertiary/aromatic N) is 3. The second-order valence-electron chi connectivity index (χ2n) is 6.42. The Hall–Kier alpha value is -3.39. The number of amides is 1. The number of anilines is 4. The number of aryl methyl sites for hydroxylation is 1. The van der Waals surface area contributed by atoms with Crippen LogP contribution in [-0.2, 0) is 4.74 Å². The van der Waals surface area contributed by atoms with E-state index in [1.165, 1.54) is 6.26 Å². The van der Waals surface area contributed by atoms with Gasteiger partial charge in [-0.05, 0) is 43.3 Å². The summed E-state index contributed by atoms with van der Waals surface area (Å²) in [5.41, 5.74) is 2.39. The smallest absolute Gasteiger partial charge is 0.291 e.